The van der Waals surface area contributed by atoms with Crippen LogP contribution in [-0.2, 0) is 0 Å². The van der Waals surface area contributed by atoms with E-state index in [1.165, 1.54) is 0 Å². The molecule has 0 unspecified atom stereocenters. The zero-order valence-electron chi connectivity index (χ0n) is 4.42. The lowest BCUT2D eigenvalue weighted by Crippen LogP contribution is -2.59. The molecule has 5 N–H and O–H groups in total. The van der Waals surface area contributed by atoms with Crippen LogP contribution in [0, 0.1) is 0 Å². The van der Waals surface area contributed by atoms with Gasteiger partial charge in [0.15, 0.2) is 6.54 Å². The van der Waals surface area contributed by atoms with E-state index in [9.17, 15) is 13.7 Å². The molecule has 0 aromatic carbocycles. The van der Waals surface area contributed by atoms with E-state index in [-0.39, 0.29) is 0 Å². The summed E-state index contributed by atoms with van der Waals surface area (Å²) in [5.74, 6) is 0. The molecule has 9 heavy (non-hydrogen) atoms. The van der Waals surface area contributed by atoms with Crippen LogP contribution in [0.15, 0.2) is 0 Å². The summed E-state index contributed by atoms with van der Waals surface area (Å²) in [6.45, 7) is -1.09. The van der Waals surface area contributed by atoms with Crippen LogP contribution in [-0.4, -0.2) is 22.0 Å². The molecule has 0 aromatic heterocycles. The molecule has 0 aliphatic carbocycles. The summed E-state index contributed by atoms with van der Waals surface area (Å²) in [7, 11) is -5.26. The molecule has 4 nitrogen and oxygen atoms in total. The molecule has 0 aromatic rings. The lowest BCUT2D eigenvalue weighted by molar-refractivity contribution is -0.402. The number of rotatable bonds is 2. The molecule has 0 fully saturated rings. The predicted octanol–water partition coefficient (Wildman–Crippen LogP) is -2.07. The van der Waals surface area contributed by atoms with Crippen LogP contribution >= 0.6 is 7.94 Å². The third-order valence-electron chi connectivity index (χ3n) is 0.727. The topological polar surface area (TPSA) is 91.2 Å². The third kappa shape index (κ3) is 2.08. The van der Waals surface area contributed by atoms with Gasteiger partial charge >= 0.3 is 13.6 Å². The molecule has 0 aliphatic heterocycles. The Morgan fingerprint density at radius 3 is 1.89 bits per heavy atom. The fourth-order valence-corrected chi connectivity index (χ4v) is 0.437. The maximum atomic E-state index is 11.8. The molecule has 0 aliphatic rings. The molecule has 0 amide bonds. The SMILES string of the molecule is [NH3+]CC(F)(F)[P+]([O-])(O)O. The fraction of sp³-hybridized carbons (Fsp3) is 1.00. The van der Waals surface area contributed by atoms with Gasteiger partial charge in [0.2, 0.25) is 0 Å². The standard InChI is InChI=1S/C2H6F2NO3P/c3-2(4,1-5)9(6,7)8/h1,5H2,(H2,6,7,8)/p+1. The van der Waals surface area contributed by atoms with Crippen molar-refractivity contribution in [3.8, 4) is 0 Å². The van der Waals surface area contributed by atoms with Crippen LogP contribution in [0.4, 0.5) is 8.78 Å². The van der Waals surface area contributed by atoms with Crippen LogP contribution in [0.25, 0.3) is 0 Å². The Hall–Kier alpha value is 0.130. The highest BCUT2D eigenvalue weighted by Crippen LogP contribution is 2.55. The quantitative estimate of drug-likeness (QED) is 0.407. The normalized spacial score (nSPS) is 14.0. The molecule has 0 heterocycles. The number of quaternary nitrogens is 1. The largest absolute Gasteiger partial charge is 0.627 e. The van der Waals surface area contributed by atoms with Crippen molar-refractivity contribution in [1.82, 2.24) is 0 Å². The molecule has 0 saturated heterocycles. The molecule has 0 saturated carbocycles. The highest BCUT2D eigenvalue weighted by atomic mass is 31.2. The van der Waals surface area contributed by atoms with Crippen molar-refractivity contribution in [2.45, 2.75) is 5.66 Å². The van der Waals surface area contributed by atoms with Crippen molar-refractivity contribution in [2.75, 3.05) is 6.54 Å². The maximum Gasteiger partial charge on any atom is 0.450 e. The molecule has 0 radical (unpaired) electrons. The number of alkyl halides is 2. The monoisotopic (exact) mass is 162 g/mol. The summed E-state index contributed by atoms with van der Waals surface area (Å²) in [5.41, 5.74) is -1.28. The van der Waals surface area contributed by atoms with Crippen LogP contribution in [0.1, 0.15) is 0 Å². The summed E-state index contributed by atoms with van der Waals surface area (Å²) in [6, 6.07) is 0. The minimum absolute atomic E-state index is 1.09. The van der Waals surface area contributed by atoms with E-state index in [1.54, 1.807) is 0 Å². The number of halogens is 2. The van der Waals surface area contributed by atoms with E-state index in [4.69, 9.17) is 9.79 Å². The van der Waals surface area contributed by atoms with Crippen LogP contribution < -0.4 is 10.6 Å². The summed E-state index contributed by atoms with van der Waals surface area (Å²) < 4.78 is 23.7. The van der Waals surface area contributed by atoms with Crippen molar-refractivity contribution < 1.29 is 29.2 Å². The van der Waals surface area contributed by atoms with Crippen LogP contribution in [0.3, 0.4) is 0 Å². The van der Waals surface area contributed by atoms with E-state index in [1.807, 2.05) is 0 Å². The van der Waals surface area contributed by atoms with Crippen molar-refractivity contribution in [1.29, 1.82) is 0 Å². The Kier molecular flexibility index (Phi) is 2.43. The van der Waals surface area contributed by atoms with Crippen molar-refractivity contribution in [3.05, 3.63) is 0 Å². The van der Waals surface area contributed by atoms with Crippen molar-refractivity contribution >= 4 is 7.94 Å². The molecule has 0 rings (SSSR count). The summed E-state index contributed by atoms with van der Waals surface area (Å²) in [5, 5.41) is 0. The van der Waals surface area contributed by atoms with Gasteiger partial charge in [-0.3, -0.25) is 0 Å². The lowest BCUT2D eigenvalue weighted by Gasteiger charge is -2.21. The van der Waals surface area contributed by atoms with E-state index in [0.717, 1.165) is 0 Å². The van der Waals surface area contributed by atoms with E-state index in [0.29, 0.717) is 0 Å². The first kappa shape index (κ1) is 9.13. The van der Waals surface area contributed by atoms with Gasteiger partial charge in [0, 0.05) is 0 Å². The second-order valence-corrected chi connectivity index (χ2v) is 3.20. The second kappa shape index (κ2) is 2.40. The Bertz CT molecular complexity index is 102. The zero-order valence-corrected chi connectivity index (χ0v) is 5.31. The Morgan fingerprint density at radius 2 is 1.89 bits per heavy atom. The number of hydrogen-bond acceptors (Lipinski definition) is 3. The van der Waals surface area contributed by atoms with Crippen LogP contribution in [0.2, 0.25) is 0 Å². The summed E-state index contributed by atoms with van der Waals surface area (Å²) in [4.78, 5) is 25.5. The highest BCUT2D eigenvalue weighted by molar-refractivity contribution is 7.58. The number of hydrogen-bond donors (Lipinski definition) is 3. The second-order valence-electron chi connectivity index (χ2n) is 1.46. The molecule has 0 spiro atoms. The Labute approximate surface area is 50.5 Å². The van der Waals surface area contributed by atoms with E-state index >= 15 is 0 Å². The van der Waals surface area contributed by atoms with Gasteiger partial charge < -0.3 is 10.6 Å². The zero-order chi connectivity index (χ0) is 7.71. The Morgan fingerprint density at radius 1 is 1.56 bits per heavy atom. The van der Waals surface area contributed by atoms with Gasteiger partial charge in [-0.05, 0) is 0 Å². The third-order valence-corrected chi connectivity index (χ3v) is 1.80. The maximum absolute atomic E-state index is 11.8. The summed E-state index contributed by atoms with van der Waals surface area (Å²) in [6.07, 6.45) is 0. The van der Waals surface area contributed by atoms with E-state index in [2.05, 4.69) is 5.73 Å². The minimum Gasteiger partial charge on any atom is -0.627 e. The summed E-state index contributed by atoms with van der Waals surface area (Å²) >= 11 is 0. The highest BCUT2D eigenvalue weighted by Gasteiger charge is 2.54. The molecule has 7 heteroatoms. The first-order valence-electron chi connectivity index (χ1n) is 2.04. The molecular weight excluding hydrogens is 155 g/mol. The van der Waals surface area contributed by atoms with Gasteiger partial charge in [-0.1, -0.05) is 0 Å². The average Bonchev–Trinajstić information content (AvgIpc) is 1.64. The molecule has 0 bridgehead atoms. The van der Waals surface area contributed by atoms with Crippen molar-refractivity contribution in [2.24, 2.45) is 0 Å². The first-order valence-corrected chi connectivity index (χ1v) is 3.65. The van der Waals surface area contributed by atoms with Gasteiger partial charge in [0.25, 0.3) is 0 Å². The van der Waals surface area contributed by atoms with Gasteiger partial charge in [0.1, 0.15) is 0 Å². The van der Waals surface area contributed by atoms with Gasteiger partial charge in [-0.2, -0.15) is 8.78 Å². The predicted molar refractivity (Wildman–Crippen MR) is 24.1 cm³/mol. The van der Waals surface area contributed by atoms with Crippen LogP contribution in [0.5, 0.6) is 0 Å². The van der Waals surface area contributed by atoms with Gasteiger partial charge in [-0.25, -0.2) is 9.79 Å². The fourth-order valence-electron chi connectivity index (χ4n) is 0.146. The smallest absolute Gasteiger partial charge is 0.450 e. The lowest BCUT2D eigenvalue weighted by atomic mass is 10.7. The average molecular weight is 162 g/mol. The first-order chi connectivity index (χ1) is 3.81. The Balaban J connectivity index is 4.14. The molecular formula is C2H7F2NO3P+. The van der Waals surface area contributed by atoms with E-state index < -0.39 is 20.2 Å². The molecule has 56 valence electrons. The van der Waals surface area contributed by atoms with Crippen molar-refractivity contribution in [3.63, 3.8) is 0 Å². The molecule has 0 atom stereocenters. The van der Waals surface area contributed by atoms with Gasteiger partial charge in [0.05, 0.1) is 0 Å². The minimum atomic E-state index is -5.26. The van der Waals surface area contributed by atoms with Gasteiger partial charge in [-0.15, -0.1) is 0 Å².